The Kier molecular flexibility index (Phi) is 2.59. The molecule has 1 aliphatic carbocycles. The third-order valence-corrected chi connectivity index (χ3v) is 3.53. The molecule has 1 saturated carbocycles. The van der Waals surface area contributed by atoms with Crippen LogP contribution >= 0.6 is 0 Å². The van der Waals surface area contributed by atoms with E-state index >= 15 is 0 Å². The molecule has 1 aromatic rings. The predicted octanol–water partition coefficient (Wildman–Crippen LogP) is 3.15. The van der Waals surface area contributed by atoms with E-state index in [0.29, 0.717) is 5.41 Å². The molecule has 0 aromatic heterocycles. The molecule has 0 radical (unpaired) electrons. The summed E-state index contributed by atoms with van der Waals surface area (Å²) in [6, 6.07) is 6.29. The van der Waals surface area contributed by atoms with Crippen LogP contribution in [0.3, 0.4) is 0 Å². The number of rotatable bonds is 4. The van der Waals surface area contributed by atoms with Gasteiger partial charge in [0.2, 0.25) is 0 Å². The van der Waals surface area contributed by atoms with Gasteiger partial charge in [0.15, 0.2) is 11.5 Å². The van der Waals surface area contributed by atoms with Crippen molar-refractivity contribution < 1.29 is 9.47 Å². The lowest BCUT2D eigenvalue weighted by Crippen LogP contribution is -2.04. The molecular formula is C13H18O2. The first-order valence-electron chi connectivity index (χ1n) is 5.48. The highest BCUT2D eigenvalue weighted by Crippen LogP contribution is 2.52. The van der Waals surface area contributed by atoms with Gasteiger partial charge in [-0.3, -0.25) is 0 Å². The summed E-state index contributed by atoms with van der Waals surface area (Å²) in [7, 11) is 3.36. The Morgan fingerprint density at radius 3 is 2.27 bits per heavy atom. The van der Waals surface area contributed by atoms with E-state index in [9.17, 15) is 0 Å². The van der Waals surface area contributed by atoms with Crippen molar-refractivity contribution >= 4 is 0 Å². The SMILES string of the molecule is CCC1(c2ccc(OC)c(OC)c2)CC1. The molecule has 0 saturated heterocycles. The van der Waals surface area contributed by atoms with Crippen molar-refractivity contribution in [3.05, 3.63) is 23.8 Å². The standard InChI is InChI=1S/C13H18O2/c1-4-13(7-8-13)10-5-6-11(14-2)12(9-10)15-3/h5-6,9H,4,7-8H2,1-3H3. The highest BCUT2D eigenvalue weighted by Gasteiger charge is 2.42. The average molecular weight is 206 g/mol. The van der Waals surface area contributed by atoms with Crippen molar-refractivity contribution in [2.24, 2.45) is 0 Å². The van der Waals surface area contributed by atoms with E-state index in [2.05, 4.69) is 19.1 Å². The molecular weight excluding hydrogens is 188 g/mol. The zero-order chi connectivity index (χ0) is 10.9. The Morgan fingerprint density at radius 1 is 1.13 bits per heavy atom. The monoisotopic (exact) mass is 206 g/mol. The van der Waals surface area contributed by atoms with Crippen LogP contribution in [0.15, 0.2) is 18.2 Å². The van der Waals surface area contributed by atoms with Crippen molar-refractivity contribution in [1.29, 1.82) is 0 Å². The minimum atomic E-state index is 0.430. The van der Waals surface area contributed by atoms with Gasteiger partial charge in [-0.25, -0.2) is 0 Å². The topological polar surface area (TPSA) is 18.5 Å². The first-order valence-corrected chi connectivity index (χ1v) is 5.48. The highest BCUT2D eigenvalue weighted by atomic mass is 16.5. The second-order valence-electron chi connectivity index (χ2n) is 4.20. The van der Waals surface area contributed by atoms with E-state index in [1.54, 1.807) is 14.2 Å². The summed E-state index contributed by atoms with van der Waals surface area (Å²) in [6.07, 6.45) is 3.82. The zero-order valence-corrected chi connectivity index (χ0v) is 9.67. The van der Waals surface area contributed by atoms with Crippen LogP contribution in [0.4, 0.5) is 0 Å². The normalized spacial score (nSPS) is 17.3. The second kappa shape index (κ2) is 3.76. The van der Waals surface area contributed by atoms with Crippen molar-refractivity contribution in [1.82, 2.24) is 0 Å². The average Bonchev–Trinajstić information content (AvgIpc) is 3.09. The molecule has 2 rings (SSSR count). The van der Waals surface area contributed by atoms with Crippen LogP contribution in [0.5, 0.6) is 11.5 Å². The van der Waals surface area contributed by atoms with Gasteiger partial charge in [-0.15, -0.1) is 0 Å². The lowest BCUT2D eigenvalue weighted by molar-refractivity contribution is 0.354. The fourth-order valence-corrected chi connectivity index (χ4v) is 2.16. The van der Waals surface area contributed by atoms with E-state index in [1.807, 2.05) is 6.07 Å². The summed E-state index contributed by atoms with van der Waals surface area (Å²) in [4.78, 5) is 0. The maximum Gasteiger partial charge on any atom is 0.161 e. The molecule has 2 nitrogen and oxygen atoms in total. The maximum absolute atomic E-state index is 5.32. The van der Waals surface area contributed by atoms with Gasteiger partial charge in [-0.05, 0) is 42.4 Å². The lowest BCUT2D eigenvalue weighted by Gasteiger charge is -2.15. The smallest absolute Gasteiger partial charge is 0.161 e. The van der Waals surface area contributed by atoms with E-state index in [4.69, 9.17) is 9.47 Å². The summed E-state index contributed by atoms with van der Waals surface area (Å²) in [6.45, 7) is 2.25. The minimum Gasteiger partial charge on any atom is -0.493 e. The molecule has 0 atom stereocenters. The molecule has 1 fully saturated rings. The van der Waals surface area contributed by atoms with Gasteiger partial charge in [0.1, 0.15) is 0 Å². The zero-order valence-electron chi connectivity index (χ0n) is 9.67. The Morgan fingerprint density at radius 2 is 1.80 bits per heavy atom. The molecule has 82 valence electrons. The van der Waals surface area contributed by atoms with Crippen LogP contribution in [0.1, 0.15) is 31.7 Å². The molecule has 1 aromatic carbocycles. The molecule has 0 N–H and O–H groups in total. The Bertz CT molecular complexity index is 354. The number of methoxy groups -OCH3 is 2. The fourth-order valence-electron chi connectivity index (χ4n) is 2.16. The third kappa shape index (κ3) is 1.69. The quantitative estimate of drug-likeness (QED) is 0.753. The maximum atomic E-state index is 5.32. The second-order valence-corrected chi connectivity index (χ2v) is 4.20. The summed E-state index contributed by atoms with van der Waals surface area (Å²) in [5.74, 6) is 1.66. The van der Waals surface area contributed by atoms with Gasteiger partial charge in [-0.1, -0.05) is 13.0 Å². The van der Waals surface area contributed by atoms with Crippen molar-refractivity contribution in [3.63, 3.8) is 0 Å². The molecule has 15 heavy (non-hydrogen) atoms. The van der Waals surface area contributed by atoms with Crippen LogP contribution in [0.25, 0.3) is 0 Å². The number of benzene rings is 1. The molecule has 0 unspecified atom stereocenters. The van der Waals surface area contributed by atoms with Crippen LogP contribution in [0.2, 0.25) is 0 Å². The molecule has 2 heteroatoms. The Labute approximate surface area is 91.2 Å². The number of ether oxygens (including phenoxy) is 2. The molecule has 1 aliphatic rings. The first-order chi connectivity index (χ1) is 7.25. The summed E-state index contributed by atoms with van der Waals surface area (Å²) in [5, 5.41) is 0. The highest BCUT2D eigenvalue weighted by molar-refractivity contribution is 5.46. The molecule has 0 spiro atoms. The minimum absolute atomic E-state index is 0.430. The van der Waals surface area contributed by atoms with E-state index in [-0.39, 0.29) is 0 Å². The van der Waals surface area contributed by atoms with Gasteiger partial charge in [0, 0.05) is 0 Å². The predicted molar refractivity (Wildman–Crippen MR) is 60.7 cm³/mol. The molecule has 0 amide bonds. The number of hydrogen-bond donors (Lipinski definition) is 0. The third-order valence-electron chi connectivity index (χ3n) is 3.53. The van der Waals surface area contributed by atoms with Gasteiger partial charge in [0.25, 0.3) is 0 Å². The summed E-state index contributed by atoms with van der Waals surface area (Å²) < 4.78 is 10.6. The van der Waals surface area contributed by atoms with Crippen molar-refractivity contribution in [2.45, 2.75) is 31.6 Å². The van der Waals surface area contributed by atoms with Gasteiger partial charge in [-0.2, -0.15) is 0 Å². The number of hydrogen-bond acceptors (Lipinski definition) is 2. The van der Waals surface area contributed by atoms with E-state index < -0.39 is 0 Å². The molecule has 0 aliphatic heterocycles. The van der Waals surface area contributed by atoms with E-state index in [0.717, 1.165) is 11.5 Å². The Hall–Kier alpha value is -1.18. The molecule has 0 heterocycles. The Balaban J connectivity index is 2.35. The summed E-state index contributed by atoms with van der Waals surface area (Å²) in [5.41, 5.74) is 1.82. The van der Waals surface area contributed by atoms with Gasteiger partial charge < -0.3 is 9.47 Å². The van der Waals surface area contributed by atoms with Crippen LogP contribution in [-0.2, 0) is 5.41 Å². The first kappa shape index (κ1) is 10.3. The lowest BCUT2D eigenvalue weighted by atomic mass is 9.93. The van der Waals surface area contributed by atoms with Crippen LogP contribution in [-0.4, -0.2) is 14.2 Å². The fraction of sp³-hybridized carbons (Fsp3) is 0.538. The van der Waals surface area contributed by atoms with Gasteiger partial charge >= 0.3 is 0 Å². The van der Waals surface area contributed by atoms with Crippen LogP contribution < -0.4 is 9.47 Å². The summed E-state index contributed by atoms with van der Waals surface area (Å²) >= 11 is 0. The van der Waals surface area contributed by atoms with Crippen LogP contribution in [0, 0.1) is 0 Å². The van der Waals surface area contributed by atoms with Gasteiger partial charge in [0.05, 0.1) is 14.2 Å². The van der Waals surface area contributed by atoms with Crippen molar-refractivity contribution in [2.75, 3.05) is 14.2 Å². The van der Waals surface area contributed by atoms with E-state index in [1.165, 1.54) is 24.8 Å². The largest absolute Gasteiger partial charge is 0.493 e. The molecule has 0 bridgehead atoms. The van der Waals surface area contributed by atoms with Crippen molar-refractivity contribution in [3.8, 4) is 11.5 Å².